The van der Waals surface area contributed by atoms with Crippen molar-refractivity contribution in [2.45, 2.75) is 49.8 Å². The van der Waals surface area contributed by atoms with Crippen molar-refractivity contribution in [1.82, 2.24) is 4.90 Å². The van der Waals surface area contributed by atoms with Gasteiger partial charge in [0.25, 0.3) is 0 Å². The predicted octanol–water partition coefficient (Wildman–Crippen LogP) is 1.77. The van der Waals surface area contributed by atoms with Gasteiger partial charge in [0, 0.05) is 19.1 Å². The van der Waals surface area contributed by atoms with Gasteiger partial charge in [-0.1, -0.05) is 36.9 Å². The Kier molecular flexibility index (Phi) is 3.74. The van der Waals surface area contributed by atoms with Gasteiger partial charge in [0.1, 0.15) is 5.25 Å². The maximum atomic E-state index is 11.2. The second-order valence-electron chi connectivity index (χ2n) is 4.72. The monoisotopic (exact) mass is 215 g/mol. The highest BCUT2D eigenvalue weighted by Gasteiger charge is 2.37. The third-order valence-electron chi connectivity index (χ3n) is 3.69. The minimum Gasteiger partial charge on any atom is -0.616 e. The van der Waals surface area contributed by atoms with Crippen molar-refractivity contribution >= 4 is 11.2 Å². The molecule has 0 bridgehead atoms. The molecule has 2 fully saturated rings. The third kappa shape index (κ3) is 2.44. The predicted molar refractivity (Wildman–Crippen MR) is 60.9 cm³/mol. The van der Waals surface area contributed by atoms with Crippen molar-refractivity contribution in [2.75, 3.05) is 19.3 Å². The molecular weight excluding hydrogens is 194 g/mol. The van der Waals surface area contributed by atoms with Crippen LogP contribution in [0.2, 0.25) is 0 Å². The maximum Gasteiger partial charge on any atom is 0.140 e. The highest BCUT2D eigenvalue weighted by Crippen LogP contribution is 2.27. The maximum absolute atomic E-state index is 11.2. The summed E-state index contributed by atoms with van der Waals surface area (Å²) in [6.45, 7) is 2.18. The van der Waals surface area contributed by atoms with Crippen LogP contribution in [0.15, 0.2) is 0 Å². The van der Waals surface area contributed by atoms with Gasteiger partial charge in [-0.15, -0.1) is 0 Å². The molecule has 2 rings (SSSR count). The molecule has 82 valence electrons. The van der Waals surface area contributed by atoms with Gasteiger partial charge in [0.15, 0.2) is 0 Å². The van der Waals surface area contributed by atoms with E-state index >= 15 is 0 Å². The number of nitrogens with zero attached hydrogens (tertiary/aromatic N) is 1. The molecule has 2 nitrogen and oxygen atoms in total. The summed E-state index contributed by atoms with van der Waals surface area (Å²) < 4.78 is 11.2. The standard InChI is InChI=1S/C11H21NOS/c1-14(13)11-8-12(9-11)10-6-4-2-3-5-7-10/h10-11H,2-9H2,1H3. The summed E-state index contributed by atoms with van der Waals surface area (Å²) in [5.41, 5.74) is 0. The Labute approximate surface area is 90.2 Å². The molecule has 0 aromatic heterocycles. The fourth-order valence-corrected chi connectivity index (χ4v) is 3.40. The first-order valence-corrected chi connectivity index (χ1v) is 7.46. The van der Waals surface area contributed by atoms with E-state index in [9.17, 15) is 4.55 Å². The average molecular weight is 215 g/mol. The Balaban J connectivity index is 1.74. The molecule has 0 spiro atoms. The second-order valence-corrected chi connectivity index (χ2v) is 6.38. The van der Waals surface area contributed by atoms with Gasteiger partial charge in [-0.3, -0.25) is 4.90 Å². The molecule has 0 N–H and O–H groups in total. The lowest BCUT2D eigenvalue weighted by Crippen LogP contribution is -2.58. The van der Waals surface area contributed by atoms with Crippen LogP contribution in [0.3, 0.4) is 0 Å². The summed E-state index contributed by atoms with van der Waals surface area (Å²) >= 11 is -0.595. The Bertz CT molecular complexity index is 172. The highest BCUT2D eigenvalue weighted by atomic mass is 32.2. The van der Waals surface area contributed by atoms with Crippen LogP contribution >= 0.6 is 0 Å². The van der Waals surface area contributed by atoms with E-state index in [0.717, 1.165) is 19.1 Å². The summed E-state index contributed by atoms with van der Waals surface area (Å²) in [7, 11) is 0. The van der Waals surface area contributed by atoms with E-state index in [1.807, 2.05) is 6.26 Å². The third-order valence-corrected chi connectivity index (χ3v) is 4.92. The molecule has 1 atom stereocenters. The molecule has 3 heteroatoms. The molecule has 0 aromatic carbocycles. The Morgan fingerprint density at radius 3 is 2.14 bits per heavy atom. The van der Waals surface area contributed by atoms with Crippen molar-refractivity contribution in [3.63, 3.8) is 0 Å². The van der Waals surface area contributed by atoms with Gasteiger partial charge >= 0.3 is 0 Å². The Morgan fingerprint density at radius 1 is 1.07 bits per heavy atom. The Hall–Kier alpha value is 0.270. The number of rotatable bonds is 2. The van der Waals surface area contributed by atoms with Gasteiger partial charge in [-0.05, 0) is 12.8 Å². The van der Waals surface area contributed by atoms with Gasteiger partial charge in [0.05, 0.1) is 6.26 Å². The summed E-state index contributed by atoms with van der Waals surface area (Å²) in [6.07, 6.45) is 10.3. The van der Waals surface area contributed by atoms with E-state index < -0.39 is 11.2 Å². The first-order chi connectivity index (χ1) is 6.77. The van der Waals surface area contributed by atoms with Crippen LogP contribution in [0, 0.1) is 0 Å². The number of hydrogen-bond donors (Lipinski definition) is 0. The van der Waals surface area contributed by atoms with Crippen LogP contribution in [0.25, 0.3) is 0 Å². The normalized spacial score (nSPS) is 29.6. The van der Waals surface area contributed by atoms with E-state index in [1.165, 1.54) is 38.5 Å². The lowest BCUT2D eigenvalue weighted by Gasteiger charge is -2.43. The van der Waals surface area contributed by atoms with Gasteiger partial charge in [-0.2, -0.15) is 0 Å². The molecule has 1 heterocycles. The molecule has 2 aliphatic rings. The van der Waals surface area contributed by atoms with E-state index in [-0.39, 0.29) is 0 Å². The van der Waals surface area contributed by atoms with Crippen molar-refractivity contribution in [2.24, 2.45) is 0 Å². The fourth-order valence-electron chi connectivity index (χ4n) is 2.60. The lowest BCUT2D eigenvalue weighted by molar-refractivity contribution is 0.110. The topological polar surface area (TPSA) is 26.3 Å². The van der Waals surface area contributed by atoms with Crippen LogP contribution in [0.1, 0.15) is 38.5 Å². The zero-order chi connectivity index (χ0) is 9.97. The van der Waals surface area contributed by atoms with E-state index in [0.29, 0.717) is 5.25 Å². The Morgan fingerprint density at radius 2 is 1.64 bits per heavy atom. The van der Waals surface area contributed by atoms with Crippen LogP contribution in [-0.2, 0) is 11.2 Å². The van der Waals surface area contributed by atoms with Gasteiger partial charge < -0.3 is 4.55 Å². The molecule has 0 amide bonds. The van der Waals surface area contributed by atoms with Gasteiger partial charge in [-0.25, -0.2) is 0 Å². The summed E-state index contributed by atoms with van der Waals surface area (Å²) in [6, 6.07) is 0.817. The molecular formula is C11H21NOS. The highest BCUT2D eigenvalue weighted by molar-refractivity contribution is 7.91. The van der Waals surface area contributed by atoms with Crippen molar-refractivity contribution < 1.29 is 4.55 Å². The zero-order valence-electron chi connectivity index (χ0n) is 9.08. The van der Waals surface area contributed by atoms with E-state index in [4.69, 9.17) is 0 Å². The second kappa shape index (κ2) is 4.86. The first-order valence-electron chi connectivity index (χ1n) is 5.83. The van der Waals surface area contributed by atoms with Crippen LogP contribution in [-0.4, -0.2) is 40.1 Å². The average Bonchev–Trinajstić information content (AvgIpc) is 2.29. The van der Waals surface area contributed by atoms with Crippen molar-refractivity contribution in [3.05, 3.63) is 0 Å². The molecule has 1 aliphatic heterocycles. The largest absolute Gasteiger partial charge is 0.616 e. The lowest BCUT2D eigenvalue weighted by atomic mass is 10.0. The molecule has 1 saturated carbocycles. The minimum atomic E-state index is -0.595. The molecule has 0 radical (unpaired) electrons. The van der Waals surface area contributed by atoms with Crippen LogP contribution < -0.4 is 0 Å². The first kappa shape index (κ1) is 10.8. The van der Waals surface area contributed by atoms with Gasteiger partial charge in [0.2, 0.25) is 0 Å². The molecule has 0 aromatic rings. The minimum absolute atomic E-state index is 0.471. The fraction of sp³-hybridized carbons (Fsp3) is 1.00. The molecule has 1 aliphatic carbocycles. The summed E-state index contributed by atoms with van der Waals surface area (Å²) in [5.74, 6) is 0. The summed E-state index contributed by atoms with van der Waals surface area (Å²) in [5, 5.41) is 0.471. The number of hydrogen-bond acceptors (Lipinski definition) is 2. The van der Waals surface area contributed by atoms with Crippen LogP contribution in [0.4, 0.5) is 0 Å². The van der Waals surface area contributed by atoms with E-state index in [1.54, 1.807) is 0 Å². The molecule has 1 unspecified atom stereocenters. The molecule has 1 saturated heterocycles. The quantitative estimate of drug-likeness (QED) is 0.518. The number of likely N-dealkylation sites (tertiary alicyclic amines) is 1. The van der Waals surface area contributed by atoms with E-state index in [2.05, 4.69) is 4.90 Å². The molecule has 14 heavy (non-hydrogen) atoms. The summed E-state index contributed by atoms with van der Waals surface area (Å²) in [4.78, 5) is 2.55. The zero-order valence-corrected chi connectivity index (χ0v) is 9.89. The SMILES string of the molecule is C[S+]([O-])C1CN(C2CCCCCC2)C1. The van der Waals surface area contributed by atoms with Crippen LogP contribution in [0.5, 0.6) is 0 Å². The smallest absolute Gasteiger partial charge is 0.140 e. The van der Waals surface area contributed by atoms with Crippen molar-refractivity contribution in [3.8, 4) is 0 Å². The van der Waals surface area contributed by atoms with Crippen molar-refractivity contribution in [1.29, 1.82) is 0 Å².